The Morgan fingerprint density at radius 1 is 0.788 bits per heavy atom. The highest BCUT2D eigenvalue weighted by Gasteiger charge is 2.20. The molecule has 0 fully saturated rings. The summed E-state index contributed by atoms with van der Waals surface area (Å²) in [6, 6.07) is 19.7. The first-order valence-electron chi connectivity index (χ1n) is 10.7. The Morgan fingerprint density at radius 3 is 2.03 bits per heavy atom. The minimum atomic E-state index is -3.80. The molecule has 3 rings (SSSR count). The summed E-state index contributed by atoms with van der Waals surface area (Å²) in [7, 11) is -3.80. The molecule has 2 amide bonds. The van der Waals surface area contributed by atoms with Crippen LogP contribution < -0.4 is 10.0 Å². The molecule has 33 heavy (non-hydrogen) atoms. The van der Waals surface area contributed by atoms with Gasteiger partial charge in [0.05, 0.1) is 21.8 Å². The van der Waals surface area contributed by atoms with Gasteiger partial charge in [0.1, 0.15) is 0 Å². The fourth-order valence-electron chi connectivity index (χ4n) is 3.44. The van der Waals surface area contributed by atoms with Crippen molar-refractivity contribution in [2.75, 3.05) is 23.1 Å². The van der Waals surface area contributed by atoms with Crippen LogP contribution in [0.3, 0.4) is 0 Å². The first-order valence-corrected chi connectivity index (χ1v) is 12.1. The number of carbonyl (C=O) groups is 2. The molecule has 0 heterocycles. The number of nitrogens with one attached hydrogen (secondary N) is 2. The first kappa shape index (κ1) is 24.0. The molecule has 0 aliphatic rings. The van der Waals surface area contributed by atoms with Crippen molar-refractivity contribution < 1.29 is 18.0 Å². The quantitative estimate of drug-likeness (QED) is 0.511. The molecule has 0 saturated carbocycles. The van der Waals surface area contributed by atoms with Crippen LogP contribution in [0.1, 0.15) is 40.1 Å². The van der Waals surface area contributed by atoms with Crippen molar-refractivity contribution in [2.45, 2.75) is 25.7 Å². The SMILES string of the molecule is CCN(CC)C(=O)c1ccccc1NC(=O)c1cccc(NS(=O)(=O)c2ccccc2)c1C. The second kappa shape index (κ2) is 10.3. The number of sulfonamides is 1. The van der Waals surface area contributed by atoms with Gasteiger partial charge in [0, 0.05) is 18.7 Å². The van der Waals surface area contributed by atoms with Gasteiger partial charge in [-0.25, -0.2) is 8.42 Å². The third-order valence-electron chi connectivity index (χ3n) is 5.33. The van der Waals surface area contributed by atoms with Gasteiger partial charge in [0.15, 0.2) is 0 Å². The van der Waals surface area contributed by atoms with Gasteiger partial charge in [0.25, 0.3) is 21.8 Å². The third kappa shape index (κ3) is 5.40. The summed E-state index contributed by atoms with van der Waals surface area (Å²) in [5, 5.41) is 2.81. The molecule has 0 aliphatic carbocycles. The van der Waals surface area contributed by atoms with E-state index in [0.717, 1.165) is 0 Å². The smallest absolute Gasteiger partial charge is 0.261 e. The average Bonchev–Trinajstić information content (AvgIpc) is 2.82. The normalized spacial score (nSPS) is 11.0. The van der Waals surface area contributed by atoms with Crippen molar-refractivity contribution in [1.29, 1.82) is 0 Å². The lowest BCUT2D eigenvalue weighted by Gasteiger charge is -2.21. The van der Waals surface area contributed by atoms with Crippen LogP contribution in [0.15, 0.2) is 77.7 Å². The highest BCUT2D eigenvalue weighted by molar-refractivity contribution is 7.92. The van der Waals surface area contributed by atoms with Crippen molar-refractivity contribution in [2.24, 2.45) is 0 Å². The van der Waals surface area contributed by atoms with Gasteiger partial charge in [-0.05, 0) is 62.7 Å². The Balaban J connectivity index is 1.88. The van der Waals surface area contributed by atoms with Gasteiger partial charge in [-0.1, -0.05) is 36.4 Å². The number of anilines is 2. The predicted molar refractivity (Wildman–Crippen MR) is 130 cm³/mol. The molecule has 0 atom stereocenters. The molecule has 0 saturated heterocycles. The van der Waals surface area contributed by atoms with Gasteiger partial charge in [-0.3, -0.25) is 14.3 Å². The van der Waals surface area contributed by atoms with Crippen molar-refractivity contribution >= 4 is 33.2 Å². The largest absolute Gasteiger partial charge is 0.339 e. The summed E-state index contributed by atoms with van der Waals surface area (Å²) < 4.78 is 28.0. The van der Waals surface area contributed by atoms with Crippen LogP contribution in [0.25, 0.3) is 0 Å². The lowest BCUT2D eigenvalue weighted by Crippen LogP contribution is -2.31. The number of nitrogens with zero attached hydrogens (tertiary/aromatic N) is 1. The van der Waals surface area contributed by atoms with E-state index in [4.69, 9.17) is 0 Å². The fraction of sp³-hybridized carbons (Fsp3) is 0.200. The molecule has 2 N–H and O–H groups in total. The topological polar surface area (TPSA) is 95.6 Å². The van der Waals surface area contributed by atoms with E-state index in [1.54, 1.807) is 72.5 Å². The Morgan fingerprint density at radius 2 is 1.36 bits per heavy atom. The summed E-state index contributed by atoms with van der Waals surface area (Å²) in [5.41, 5.74) is 1.87. The van der Waals surface area contributed by atoms with E-state index in [1.165, 1.54) is 12.1 Å². The summed E-state index contributed by atoms with van der Waals surface area (Å²) in [6.45, 7) is 6.58. The molecule has 0 aromatic heterocycles. The molecule has 172 valence electrons. The monoisotopic (exact) mass is 465 g/mol. The second-order valence-electron chi connectivity index (χ2n) is 7.37. The number of rotatable bonds is 8. The van der Waals surface area contributed by atoms with Gasteiger partial charge in [-0.2, -0.15) is 0 Å². The molecule has 0 spiro atoms. The standard InChI is InChI=1S/C25H27N3O4S/c1-4-28(5-2)25(30)21-14-9-10-16-23(21)26-24(29)20-15-11-17-22(18(20)3)27-33(31,32)19-12-7-6-8-13-19/h6-17,27H,4-5H2,1-3H3,(H,26,29). The van der Waals surface area contributed by atoms with Gasteiger partial charge in [0.2, 0.25) is 0 Å². The van der Waals surface area contributed by atoms with Gasteiger partial charge >= 0.3 is 0 Å². The Labute approximate surface area is 194 Å². The van der Waals surface area contributed by atoms with E-state index in [9.17, 15) is 18.0 Å². The number of hydrogen-bond acceptors (Lipinski definition) is 4. The van der Waals surface area contributed by atoms with Crippen molar-refractivity contribution in [3.05, 3.63) is 89.5 Å². The zero-order valence-corrected chi connectivity index (χ0v) is 19.6. The molecular weight excluding hydrogens is 438 g/mol. The van der Waals surface area contributed by atoms with Crippen LogP contribution in [0, 0.1) is 6.92 Å². The van der Waals surface area contributed by atoms with Crippen molar-refractivity contribution in [3.8, 4) is 0 Å². The van der Waals surface area contributed by atoms with Gasteiger partial charge < -0.3 is 10.2 Å². The summed E-state index contributed by atoms with van der Waals surface area (Å²) in [6.07, 6.45) is 0. The highest BCUT2D eigenvalue weighted by atomic mass is 32.2. The number of hydrogen-bond donors (Lipinski definition) is 2. The highest BCUT2D eigenvalue weighted by Crippen LogP contribution is 2.24. The maximum atomic E-state index is 13.1. The van der Waals surface area contributed by atoms with E-state index in [0.29, 0.717) is 41.2 Å². The Bertz CT molecular complexity index is 1250. The molecule has 0 bridgehead atoms. The number of amides is 2. The third-order valence-corrected chi connectivity index (χ3v) is 6.71. The van der Waals surface area contributed by atoms with Crippen LogP contribution in [0.5, 0.6) is 0 Å². The molecular formula is C25H27N3O4S. The van der Waals surface area contributed by atoms with E-state index >= 15 is 0 Å². The number of benzene rings is 3. The number of para-hydroxylation sites is 1. The fourth-order valence-corrected chi connectivity index (χ4v) is 4.59. The molecule has 0 radical (unpaired) electrons. The molecule has 8 heteroatoms. The average molecular weight is 466 g/mol. The Kier molecular flexibility index (Phi) is 7.50. The molecule has 0 aliphatic heterocycles. The zero-order valence-electron chi connectivity index (χ0n) is 18.8. The van der Waals surface area contributed by atoms with Gasteiger partial charge in [-0.15, -0.1) is 0 Å². The van der Waals surface area contributed by atoms with Crippen molar-refractivity contribution in [3.63, 3.8) is 0 Å². The summed E-state index contributed by atoms with van der Waals surface area (Å²) in [4.78, 5) is 27.8. The molecule has 0 unspecified atom stereocenters. The Hall–Kier alpha value is -3.65. The van der Waals surface area contributed by atoms with Crippen molar-refractivity contribution in [1.82, 2.24) is 4.90 Å². The maximum Gasteiger partial charge on any atom is 0.261 e. The minimum Gasteiger partial charge on any atom is -0.339 e. The molecule has 3 aromatic rings. The van der Waals surface area contributed by atoms with Crippen LogP contribution in [0.4, 0.5) is 11.4 Å². The predicted octanol–water partition coefficient (Wildman–Crippen LogP) is 4.53. The van der Waals surface area contributed by atoms with E-state index in [1.807, 2.05) is 13.8 Å². The van der Waals surface area contributed by atoms with Crippen LogP contribution in [-0.2, 0) is 10.0 Å². The second-order valence-corrected chi connectivity index (χ2v) is 9.06. The maximum absolute atomic E-state index is 13.1. The van der Waals surface area contributed by atoms with E-state index in [2.05, 4.69) is 10.0 Å². The summed E-state index contributed by atoms with van der Waals surface area (Å²) >= 11 is 0. The molecule has 3 aromatic carbocycles. The minimum absolute atomic E-state index is 0.128. The van der Waals surface area contributed by atoms with E-state index in [-0.39, 0.29) is 10.8 Å². The van der Waals surface area contributed by atoms with Crippen LogP contribution in [0.2, 0.25) is 0 Å². The lowest BCUT2D eigenvalue weighted by molar-refractivity contribution is 0.0774. The first-order chi connectivity index (χ1) is 15.8. The lowest BCUT2D eigenvalue weighted by atomic mass is 10.1. The summed E-state index contributed by atoms with van der Waals surface area (Å²) in [5.74, 6) is -0.606. The number of carbonyl (C=O) groups excluding carboxylic acids is 2. The molecule has 7 nitrogen and oxygen atoms in total. The van der Waals surface area contributed by atoms with Crippen LogP contribution >= 0.6 is 0 Å². The van der Waals surface area contributed by atoms with Crippen LogP contribution in [-0.4, -0.2) is 38.2 Å². The zero-order chi connectivity index (χ0) is 24.0. The van der Waals surface area contributed by atoms with E-state index < -0.39 is 15.9 Å².